The second-order valence-corrected chi connectivity index (χ2v) is 8.23. The van der Waals surface area contributed by atoms with E-state index in [1.807, 2.05) is 0 Å². The predicted molar refractivity (Wildman–Crippen MR) is 103 cm³/mol. The number of nitro groups is 1. The Kier molecular flexibility index (Phi) is 3.96. The Hall–Kier alpha value is -3.19. The molecule has 4 heterocycles. The molecule has 0 aliphatic carbocycles. The van der Waals surface area contributed by atoms with Crippen molar-refractivity contribution in [3.05, 3.63) is 61.8 Å². The molecule has 3 aliphatic rings. The van der Waals surface area contributed by atoms with Gasteiger partial charge in [0.25, 0.3) is 11.6 Å². The first-order chi connectivity index (χ1) is 13.9. The summed E-state index contributed by atoms with van der Waals surface area (Å²) in [6.07, 6.45) is 0. The van der Waals surface area contributed by atoms with E-state index in [0.29, 0.717) is 17.0 Å². The number of aliphatic imine (C=N–C) groups is 1. The number of esters is 1. The van der Waals surface area contributed by atoms with Crippen LogP contribution in [-0.4, -0.2) is 47.2 Å². The maximum Gasteiger partial charge on any atom is 0.353 e. The van der Waals surface area contributed by atoms with Crippen LogP contribution < -0.4 is 5.69 Å². The zero-order valence-corrected chi connectivity index (χ0v) is 15.9. The van der Waals surface area contributed by atoms with Crippen LogP contribution in [0.2, 0.25) is 0 Å². The lowest BCUT2D eigenvalue weighted by molar-refractivity contribution is -0.384. The van der Waals surface area contributed by atoms with Crippen LogP contribution in [0, 0.1) is 10.1 Å². The standard InChI is InChI=1S/C16H9N5O6S2/c22-8-5-28-13(17-8)11-9(6-1-3-7(4-2-6)21(25)26)10-12-18-19-16(24)20(12)29-15(10)27-14(11)23/h1-4,10,15H,5H2,(H,19,24). The van der Waals surface area contributed by atoms with E-state index in [4.69, 9.17) is 4.74 Å². The molecule has 2 unspecified atom stereocenters. The van der Waals surface area contributed by atoms with Gasteiger partial charge < -0.3 is 4.74 Å². The summed E-state index contributed by atoms with van der Waals surface area (Å²) in [6.45, 7) is 0. The molecular formula is C16H9N5O6S2. The van der Waals surface area contributed by atoms with Crippen molar-refractivity contribution in [3.8, 4) is 0 Å². The Labute approximate surface area is 169 Å². The van der Waals surface area contributed by atoms with Crippen LogP contribution in [0.25, 0.3) is 5.57 Å². The van der Waals surface area contributed by atoms with E-state index in [-0.39, 0.29) is 28.0 Å². The molecule has 13 heteroatoms. The normalized spacial score (nSPS) is 23.0. The number of aromatic amines is 1. The van der Waals surface area contributed by atoms with Gasteiger partial charge >= 0.3 is 11.7 Å². The lowest BCUT2D eigenvalue weighted by Gasteiger charge is -2.28. The number of ether oxygens (including phenoxy) is 1. The van der Waals surface area contributed by atoms with Gasteiger partial charge in [-0.15, -0.1) is 0 Å². The predicted octanol–water partition coefficient (Wildman–Crippen LogP) is 1.08. The molecule has 1 aromatic heterocycles. The number of non-ortho nitro benzene ring substituents is 1. The Balaban J connectivity index is 1.75. The third-order valence-corrected chi connectivity index (χ3v) is 6.69. The second-order valence-electron chi connectivity index (χ2n) is 6.23. The molecule has 2 atom stereocenters. The van der Waals surface area contributed by atoms with Gasteiger partial charge in [0.05, 0.1) is 22.2 Å². The molecule has 0 spiro atoms. The molecule has 0 saturated carbocycles. The fourth-order valence-electron chi connectivity index (χ4n) is 3.39. The van der Waals surface area contributed by atoms with Crippen LogP contribution in [0.15, 0.2) is 39.6 Å². The smallest absolute Gasteiger partial charge is 0.353 e. The van der Waals surface area contributed by atoms with Crippen molar-refractivity contribution >= 4 is 51.9 Å². The number of H-pyrrole nitrogens is 1. The van der Waals surface area contributed by atoms with Crippen molar-refractivity contribution in [2.24, 2.45) is 4.99 Å². The molecule has 0 saturated heterocycles. The number of thioether (sulfide) groups is 1. The Morgan fingerprint density at radius 2 is 2.00 bits per heavy atom. The molecule has 1 aromatic carbocycles. The molecule has 5 rings (SSSR count). The maximum absolute atomic E-state index is 12.8. The molecule has 3 aliphatic heterocycles. The zero-order valence-electron chi connectivity index (χ0n) is 14.2. The number of benzene rings is 1. The minimum Gasteiger partial charge on any atom is -0.445 e. The number of fused-ring (bicyclic) bond motifs is 3. The first-order valence-electron chi connectivity index (χ1n) is 8.23. The Morgan fingerprint density at radius 3 is 2.66 bits per heavy atom. The SMILES string of the molecule is O=C1CSC(C2=C(c3ccc([N+](=O)[O-])cc3)C3c4n[nH]c(=O)n4SC3OC2=O)=N1. The van der Waals surface area contributed by atoms with Crippen molar-refractivity contribution < 1.29 is 19.2 Å². The first kappa shape index (κ1) is 17.9. The molecule has 2 aromatic rings. The Morgan fingerprint density at radius 1 is 1.24 bits per heavy atom. The van der Waals surface area contributed by atoms with Crippen molar-refractivity contribution in [2.45, 2.75) is 11.4 Å². The molecule has 0 radical (unpaired) electrons. The molecule has 0 fully saturated rings. The lowest BCUT2D eigenvalue weighted by Crippen LogP contribution is -2.31. The minimum atomic E-state index is -0.732. The zero-order chi connectivity index (χ0) is 20.3. The second kappa shape index (κ2) is 6.42. The van der Waals surface area contributed by atoms with Gasteiger partial charge in [0.2, 0.25) is 0 Å². The fourth-order valence-corrected chi connectivity index (χ4v) is 5.34. The number of aromatic nitrogens is 3. The van der Waals surface area contributed by atoms with Crippen molar-refractivity contribution in [2.75, 3.05) is 5.75 Å². The molecule has 146 valence electrons. The number of nitrogens with one attached hydrogen (secondary N) is 1. The van der Waals surface area contributed by atoms with E-state index >= 15 is 0 Å². The highest BCUT2D eigenvalue weighted by atomic mass is 32.2. The van der Waals surface area contributed by atoms with Gasteiger partial charge in [0, 0.05) is 24.1 Å². The fraction of sp³-hybridized carbons (Fsp3) is 0.188. The molecule has 29 heavy (non-hydrogen) atoms. The number of nitrogens with zero attached hydrogens (tertiary/aromatic N) is 4. The van der Waals surface area contributed by atoms with E-state index in [1.165, 1.54) is 28.2 Å². The average molecular weight is 431 g/mol. The van der Waals surface area contributed by atoms with Gasteiger partial charge in [-0.25, -0.2) is 23.7 Å². The number of nitro benzene ring substituents is 1. The summed E-state index contributed by atoms with van der Waals surface area (Å²) in [7, 11) is 0. The summed E-state index contributed by atoms with van der Waals surface area (Å²) < 4.78 is 6.83. The van der Waals surface area contributed by atoms with Gasteiger partial charge in [-0.2, -0.15) is 5.10 Å². The number of carbonyl (C=O) groups is 2. The third kappa shape index (κ3) is 2.73. The highest BCUT2D eigenvalue weighted by Gasteiger charge is 2.49. The molecule has 0 bridgehead atoms. The molecular weight excluding hydrogens is 422 g/mol. The number of amides is 1. The van der Waals surface area contributed by atoms with Crippen LogP contribution in [0.3, 0.4) is 0 Å². The van der Waals surface area contributed by atoms with Crippen molar-refractivity contribution in [1.29, 1.82) is 0 Å². The number of hydrogen-bond acceptors (Lipinski definition) is 9. The maximum atomic E-state index is 12.8. The molecule has 1 N–H and O–H groups in total. The van der Waals surface area contributed by atoms with Crippen molar-refractivity contribution in [1.82, 2.24) is 14.2 Å². The van der Waals surface area contributed by atoms with Gasteiger partial charge in [0.15, 0.2) is 11.3 Å². The van der Waals surface area contributed by atoms with Crippen LogP contribution in [0.1, 0.15) is 17.3 Å². The Bertz CT molecular complexity index is 1210. The number of carbonyl (C=O) groups excluding carboxylic acids is 2. The summed E-state index contributed by atoms with van der Waals surface area (Å²) in [5.74, 6) is -1.18. The average Bonchev–Trinajstić information content (AvgIpc) is 3.37. The summed E-state index contributed by atoms with van der Waals surface area (Å²) >= 11 is 2.14. The van der Waals surface area contributed by atoms with Gasteiger partial charge in [-0.1, -0.05) is 11.8 Å². The van der Waals surface area contributed by atoms with E-state index in [0.717, 1.165) is 23.7 Å². The van der Waals surface area contributed by atoms with Crippen molar-refractivity contribution in [3.63, 3.8) is 0 Å². The van der Waals surface area contributed by atoms with Crippen LogP contribution in [0.5, 0.6) is 0 Å². The van der Waals surface area contributed by atoms with Crippen LogP contribution >= 0.6 is 23.7 Å². The topological polar surface area (TPSA) is 150 Å². The third-order valence-electron chi connectivity index (χ3n) is 4.59. The summed E-state index contributed by atoms with van der Waals surface area (Å²) in [6, 6.07) is 5.68. The largest absolute Gasteiger partial charge is 0.445 e. The summed E-state index contributed by atoms with van der Waals surface area (Å²) in [4.78, 5) is 50.9. The summed E-state index contributed by atoms with van der Waals surface area (Å²) in [5.41, 5.74) is -0.199. The number of hydrogen-bond donors (Lipinski definition) is 1. The van der Waals surface area contributed by atoms with Gasteiger partial charge in [-0.05, 0) is 23.3 Å². The highest BCUT2D eigenvalue weighted by Crippen LogP contribution is 2.50. The highest BCUT2D eigenvalue weighted by molar-refractivity contribution is 8.15. The van der Waals surface area contributed by atoms with E-state index in [9.17, 15) is 24.5 Å². The quantitative estimate of drug-likeness (QED) is 0.428. The minimum absolute atomic E-state index is 0.105. The van der Waals surface area contributed by atoms with E-state index in [2.05, 4.69) is 15.2 Å². The first-order valence-corrected chi connectivity index (χ1v) is 10.1. The monoisotopic (exact) mass is 431 g/mol. The van der Waals surface area contributed by atoms with Gasteiger partial charge in [-0.3, -0.25) is 14.9 Å². The molecule has 1 amide bonds. The van der Waals surface area contributed by atoms with E-state index in [1.54, 1.807) is 0 Å². The van der Waals surface area contributed by atoms with Crippen LogP contribution in [-0.2, 0) is 14.3 Å². The molecule has 11 nitrogen and oxygen atoms in total. The van der Waals surface area contributed by atoms with E-state index < -0.39 is 27.9 Å². The lowest BCUT2D eigenvalue weighted by atomic mass is 9.86. The van der Waals surface area contributed by atoms with Gasteiger partial charge in [0.1, 0.15) is 5.04 Å². The van der Waals surface area contributed by atoms with Crippen LogP contribution in [0.4, 0.5) is 5.69 Å². The number of rotatable bonds is 3. The summed E-state index contributed by atoms with van der Waals surface area (Å²) in [5, 5.41) is 17.7.